The van der Waals surface area contributed by atoms with E-state index in [9.17, 15) is 8.78 Å². The molecule has 0 atom stereocenters. The molecule has 0 spiro atoms. The molecule has 0 aliphatic rings. The maximum absolute atomic E-state index is 11.3. The van der Waals surface area contributed by atoms with Crippen LogP contribution in [-0.4, -0.2) is 24.8 Å². The van der Waals surface area contributed by atoms with Crippen molar-refractivity contribution >= 4 is 15.9 Å². The highest BCUT2D eigenvalue weighted by Crippen LogP contribution is 1.87. The summed E-state index contributed by atoms with van der Waals surface area (Å²) < 4.78 is 22.6. The van der Waals surface area contributed by atoms with Gasteiger partial charge in [-0.25, -0.2) is 8.78 Å². The molecule has 1 N–H and O–H groups in total. The summed E-state index contributed by atoms with van der Waals surface area (Å²) in [5.41, 5.74) is 0. The lowest BCUT2D eigenvalue weighted by Crippen LogP contribution is -2.22. The lowest BCUT2D eigenvalue weighted by Gasteiger charge is -1.97. The minimum atomic E-state index is -2.23. The zero-order valence-electron chi connectivity index (χ0n) is 4.33. The Morgan fingerprint density at radius 1 is 1.50 bits per heavy atom. The van der Waals surface area contributed by atoms with Crippen LogP contribution >= 0.6 is 15.9 Å². The zero-order valence-corrected chi connectivity index (χ0v) is 5.92. The van der Waals surface area contributed by atoms with E-state index >= 15 is 0 Å². The van der Waals surface area contributed by atoms with Gasteiger partial charge in [-0.1, -0.05) is 15.9 Å². The van der Waals surface area contributed by atoms with Gasteiger partial charge in [0.25, 0.3) is 6.43 Å². The molecule has 0 fully saturated rings. The van der Waals surface area contributed by atoms with E-state index < -0.39 is 6.43 Å². The minimum absolute atomic E-state index is 0.203. The second-order valence-electron chi connectivity index (χ2n) is 1.28. The van der Waals surface area contributed by atoms with E-state index in [1.54, 1.807) is 0 Å². The molecule has 0 bridgehead atoms. The zero-order chi connectivity index (χ0) is 6.41. The third-order valence-corrected chi connectivity index (χ3v) is 0.966. The first-order chi connectivity index (χ1) is 3.77. The van der Waals surface area contributed by atoms with Crippen LogP contribution in [0.4, 0.5) is 8.78 Å². The van der Waals surface area contributed by atoms with Crippen molar-refractivity contribution in [3.8, 4) is 0 Å². The fourth-order valence-corrected chi connectivity index (χ4v) is 0.558. The molecule has 0 heterocycles. The number of halogens is 3. The van der Waals surface area contributed by atoms with Gasteiger partial charge in [-0.05, 0) is 0 Å². The molecule has 0 amide bonds. The van der Waals surface area contributed by atoms with Gasteiger partial charge in [0, 0.05) is 11.9 Å². The number of alkyl halides is 3. The number of hydrogen-bond acceptors (Lipinski definition) is 1. The summed E-state index contributed by atoms with van der Waals surface area (Å²) >= 11 is 3.09. The van der Waals surface area contributed by atoms with Crippen molar-refractivity contribution in [2.75, 3.05) is 18.4 Å². The van der Waals surface area contributed by atoms with Gasteiger partial charge in [0.2, 0.25) is 0 Å². The maximum atomic E-state index is 11.3. The Balaban J connectivity index is 2.72. The van der Waals surface area contributed by atoms with Gasteiger partial charge in [-0.15, -0.1) is 0 Å². The molecule has 0 aromatic heterocycles. The molecule has 0 saturated heterocycles. The quantitative estimate of drug-likeness (QED) is 0.516. The van der Waals surface area contributed by atoms with Crippen LogP contribution in [-0.2, 0) is 0 Å². The molecule has 0 unspecified atom stereocenters. The SMILES string of the molecule is FC(F)CNCCBr. The van der Waals surface area contributed by atoms with Crippen LogP contribution in [0, 0.1) is 0 Å². The highest BCUT2D eigenvalue weighted by atomic mass is 79.9. The third kappa shape index (κ3) is 6.30. The first kappa shape index (κ1) is 8.30. The van der Waals surface area contributed by atoms with E-state index in [4.69, 9.17) is 0 Å². The Labute approximate surface area is 55.6 Å². The van der Waals surface area contributed by atoms with Crippen molar-refractivity contribution < 1.29 is 8.78 Å². The molecule has 50 valence electrons. The molecule has 4 heteroatoms. The summed E-state index contributed by atoms with van der Waals surface area (Å²) in [4.78, 5) is 0. The molecule has 0 aliphatic carbocycles. The Morgan fingerprint density at radius 3 is 2.50 bits per heavy atom. The molecular weight excluding hydrogens is 180 g/mol. The average Bonchev–Trinajstić information content (AvgIpc) is 1.66. The van der Waals surface area contributed by atoms with Crippen LogP contribution in [0.25, 0.3) is 0 Å². The number of rotatable bonds is 4. The summed E-state index contributed by atoms with van der Waals surface area (Å²) in [6.07, 6.45) is -2.23. The molecule has 1 nitrogen and oxygen atoms in total. The number of hydrogen-bond donors (Lipinski definition) is 1. The van der Waals surface area contributed by atoms with Crippen LogP contribution in [0.15, 0.2) is 0 Å². The van der Waals surface area contributed by atoms with Gasteiger partial charge in [0.1, 0.15) is 0 Å². The Hall–Kier alpha value is 0.300. The first-order valence-electron chi connectivity index (χ1n) is 2.32. The van der Waals surface area contributed by atoms with E-state index in [0.717, 1.165) is 5.33 Å². The topological polar surface area (TPSA) is 12.0 Å². The highest BCUT2D eigenvalue weighted by Gasteiger charge is 1.97. The van der Waals surface area contributed by atoms with Gasteiger partial charge in [0.05, 0.1) is 6.54 Å². The van der Waals surface area contributed by atoms with E-state index in [1.165, 1.54) is 0 Å². The molecule has 0 aromatic carbocycles. The summed E-state index contributed by atoms with van der Waals surface area (Å²) in [5, 5.41) is 3.26. The summed E-state index contributed by atoms with van der Waals surface area (Å²) in [6.45, 7) is 0.399. The number of nitrogens with one attached hydrogen (secondary N) is 1. The largest absolute Gasteiger partial charge is 0.311 e. The fraction of sp³-hybridized carbons (Fsp3) is 1.00. The first-order valence-corrected chi connectivity index (χ1v) is 3.44. The monoisotopic (exact) mass is 187 g/mol. The predicted octanol–water partition coefficient (Wildman–Crippen LogP) is 1.24. The third-order valence-electron chi connectivity index (χ3n) is 0.570. The van der Waals surface area contributed by atoms with Crippen LogP contribution < -0.4 is 5.32 Å². The summed E-state index contributed by atoms with van der Waals surface area (Å²) in [6, 6.07) is 0. The van der Waals surface area contributed by atoms with Gasteiger partial charge in [-0.2, -0.15) is 0 Å². The van der Waals surface area contributed by atoms with Gasteiger partial charge < -0.3 is 5.32 Å². The molecule has 8 heavy (non-hydrogen) atoms. The lowest BCUT2D eigenvalue weighted by molar-refractivity contribution is 0.147. The van der Waals surface area contributed by atoms with Crippen LogP contribution in [0.3, 0.4) is 0 Å². The van der Waals surface area contributed by atoms with Crippen LogP contribution in [0.1, 0.15) is 0 Å². The molecule has 0 saturated carbocycles. The van der Waals surface area contributed by atoms with Crippen molar-refractivity contribution in [2.45, 2.75) is 6.43 Å². The average molecular weight is 188 g/mol. The van der Waals surface area contributed by atoms with Crippen LogP contribution in [0.2, 0.25) is 0 Å². The van der Waals surface area contributed by atoms with E-state index in [2.05, 4.69) is 21.2 Å². The van der Waals surface area contributed by atoms with Gasteiger partial charge >= 0.3 is 0 Å². The summed E-state index contributed by atoms with van der Waals surface area (Å²) in [7, 11) is 0. The molecule has 0 aliphatic heterocycles. The smallest absolute Gasteiger partial charge is 0.250 e. The fourth-order valence-electron chi connectivity index (χ4n) is 0.278. The summed E-state index contributed by atoms with van der Waals surface area (Å²) in [5.74, 6) is 0. The molecule has 0 radical (unpaired) electrons. The normalized spacial score (nSPS) is 10.5. The maximum Gasteiger partial charge on any atom is 0.250 e. The highest BCUT2D eigenvalue weighted by molar-refractivity contribution is 9.09. The standard InChI is InChI=1S/C4H8BrF2N/c5-1-2-8-3-4(6)7/h4,8H,1-3H2. The Bertz CT molecular complexity index is 51.3. The van der Waals surface area contributed by atoms with Crippen molar-refractivity contribution in [3.05, 3.63) is 0 Å². The Morgan fingerprint density at radius 2 is 2.12 bits per heavy atom. The predicted molar refractivity (Wildman–Crippen MR) is 32.7 cm³/mol. The molecular formula is C4H8BrF2N. The van der Waals surface area contributed by atoms with Gasteiger partial charge in [-0.3, -0.25) is 0 Å². The van der Waals surface area contributed by atoms with E-state index in [1.807, 2.05) is 0 Å². The second-order valence-corrected chi connectivity index (χ2v) is 2.08. The van der Waals surface area contributed by atoms with Gasteiger partial charge in [0.15, 0.2) is 0 Å². The minimum Gasteiger partial charge on any atom is -0.311 e. The van der Waals surface area contributed by atoms with Crippen molar-refractivity contribution in [2.24, 2.45) is 0 Å². The second kappa shape index (κ2) is 5.44. The van der Waals surface area contributed by atoms with Crippen molar-refractivity contribution in [1.29, 1.82) is 0 Å². The molecule has 0 rings (SSSR count). The lowest BCUT2D eigenvalue weighted by atomic mass is 10.6. The van der Waals surface area contributed by atoms with E-state index in [-0.39, 0.29) is 6.54 Å². The van der Waals surface area contributed by atoms with E-state index in [0.29, 0.717) is 6.54 Å². The van der Waals surface area contributed by atoms with Crippen LogP contribution in [0.5, 0.6) is 0 Å². The Kier molecular flexibility index (Phi) is 5.64. The molecule has 0 aromatic rings. The van der Waals surface area contributed by atoms with Crippen molar-refractivity contribution in [1.82, 2.24) is 5.32 Å². The van der Waals surface area contributed by atoms with Crippen molar-refractivity contribution in [3.63, 3.8) is 0 Å².